The molecule has 4 heteroatoms. The number of hydrogen-bond acceptors (Lipinski definition) is 3. The molecule has 0 bridgehead atoms. The Morgan fingerprint density at radius 2 is 1.70 bits per heavy atom. The molecule has 1 aliphatic rings. The van der Waals surface area contributed by atoms with Gasteiger partial charge in [-0.1, -0.05) is 38.1 Å². The Morgan fingerprint density at radius 1 is 1.09 bits per heavy atom. The van der Waals surface area contributed by atoms with Gasteiger partial charge in [-0.2, -0.15) is 0 Å². The van der Waals surface area contributed by atoms with Crippen molar-refractivity contribution in [3.63, 3.8) is 0 Å². The minimum Gasteiger partial charge on any atom is -0.507 e. The van der Waals surface area contributed by atoms with Crippen LogP contribution in [0.2, 0.25) is 0 Å². The summed E-state index contributed by atoms with van der Waals surface area (Å²) in [5, 5.41) is 12.1. The third-order valence-corrected chi connectivity index (χ3v) is 4.38. The van der Waals surface area contributed by atoms with Crippen molar-refractivity contribution in [2.45, 2.75) is 13.8 Å². The zero-order valence-electron chi connectivity index (χ0n) is 13.8. The van der Waals surface area contributed by atoms with Gasteiger partial charge in [0.15, 0.2) is 0 Å². The zero-order chi connectivity index (χ0) is 16.4. The average molecular weight is 312 g/mol. The van der Waals surface area contributed by atoms with Gasteiger partial charge in [0.05, 0.1) is 5.56 Å². The molecule has 122 valence electrons. The zero-order valence-corrected chi connectivity index (χ0v) is 13.8. The molecule has 0 unspecified atom stereocenters. The van der Waals surface area contributed by atoms with Gasteiger partial charge in [-0.05, 0) is 28.8 Å². The Bertz CT molecular complexity index is 704. The van der Waals surface area contributed by atoms with Gasteiger partial charge in [0.25, 0.3) is 5.91 Å². The summed E-state index contributed by atoms with van der Waals surface area (Å²) in [4.78, 5) is 17.0. The van der Waals surface area contributed by atoms with Crippen molar-refractivity contribution in [3.8, 4) is 5.75 Å². The van der Waals surface area contributed by atoms with Crippen LogP contribution in [0, 0.1) is 5.92 Å². The summed E-state index contributed by atoms with van der Waals surface area (Å²) in [6.45, 7) is 8.74. The van der Waals surface area contributed by atoms with E-state index in [1.54, 1.807) is 12.1 Å². The molecule has 1 saturated heterocycles. The van der Waals surface area contributed by atoms with Crippen LogP contribution < -0.4 is 0 Å². The van der Waals surface area contributed by atoms with Crippen molar-refractivity contribution in [1.29, 1.82) is 0 Å². The standard InChI is InChI=1S/C19H24N2O2/c1-14(2)13-20-7-9-21(10-8-20)19(23)17-11-15-5-3-4-6-16(15)12-18(17)22/h3-6,11-12,14,22H,7-10,13H2,1-2H3. The fraction of sp³-hybridized carbons (Fsp3) is 0.421. The first kappa shape index (κ1) is 15.8. The van der Waals surface area contributed by atoms with E-state index in [-0.39, 0.29) is 11.7 Å². The Morgan fingerprint density at radius 3 is 2.30 bits per heavy atom. The Balaban J connectivity index is 1.75. The van der Waals surface area contributed by atoms with Crippen molar-refractivity contribution >= 4 is 16.7 Å². The molecule has 1 amide bonds. The lowest BCUT2D eigenvalue weighted by molar-refractivity contribution is 0.0621. The number of rotatable bonds is 3. The number of fused-ring (bicyclic) bond motifs is 1. The molecule has 3 rings (SSSR count). The molecule has 2 aromatic carbocycles. The van der Waals surface area contributed by atoms with Crippen LogP contribution in [0.25, 0.3) is 10.8 Å². The third-order valence-electron chi connectivity index (χ3n) is 4.38. The predicted octanol–water partition coefficient (Wildman–Crippen LogP) is 2.96. The van der Waals surface area contributed by atoms with Crippen LogP contribution >= 0.6 is 0 Å². The molecule has 4 nitrogen and oxygen atoms in total. The first-order valence-corrected chi connectivity index (χ1v) is 8.28. The van der Waals surface area contributed by atoms with Crippen molar-refractivity contribution < 1.29 is 9.90 Å². The van der Waals surface area contributed by atoms with Gasteiger partial charge in [0.2, 0.25) is 0 Å². The second kappa shape index (κ2) is 6.59. The highest BCUT2D eigenvalue weighted by Crippen LogP contribution is 2.26. The molecule has 1 fully saturated rings. The lowest BCUT2D eigenvalue weighted by Gasteiger charge is -2.35. The van der Waals surface area contributed by atoms with E-state index in [1.165, 1.54) is 0 Å². The van der Waals surface area contributed by atoms with E-state index in [9.17, 15) is 9.90 Å². The highest BCUT2D eigenvalue weighted by molar-refractivity contribution is 6.01. The number of aromatic hydroxyl groups is 1. The number of carbonyl (C=O) groups excluding carboxylic acids is 1. The monoisotopic (exact) mass is 312 g/mol. The number of carbonyl (C=O) groups is 1. The number of phenolic OH excluding ortho intramolecular Hbond substituents is 1. The van der Waals surface area contributed by atoms with Gasteiger partial charge in [-0.3, -0.25) is 9.69 Å². The molecule has 0 radical (unpaired) electrons. The van der Waals surface area contributed by atoms with Crippen LogP contribution in [0.5, 0.6) is 5.75 Å². The third kappa shape index (κ3) is 3.48. The van der Waals surface area contributed by atoms with E-state index < -0.39 is 0 Å². The number of piperazine rings is 1. The number of amides is 1. The van der Waals surface area contributed by atoms with E-state index in [0.717, 1.165) is 43.5 Å². The van der Waals surface area contributed by atoms with Crippen LogP contribution in [0.3, 0.4) is 0 Å². The largest absolute Gasteiger partial charge is 0.507 e. The van der Waals surface area contributed by atoms with Gasteiger partial charge in [-0.25, -0.2) is 0 Å². The number of phenols is 1. The highest BCUT2D eigenvalue weighted by atomic mass is 16.3. The Hall–Kier alpha value is -2.07. The topological polar surface area (TPSA) is 43.8 Å². The fourth-order valence-corrected chi connectivity index (χ4v) is 3.22. The fourth-order valence-electron chi connectivity index (χ4n) is 3.22. The maximum absolute atomic E-state index is 12.7. The Labute approximate surface area is 137 Å². The molecule has 23 heavy (non-hydrogen) atoms. The number of benzene rings is 2. The van der Waals surface area contributed by atoms with Crippen molar-refractivity contribution in [3.05, 3.63) is 42.0 Å². The summed E-state index contributed by atoms with van der Waals surface area (Å²) in [6, 6.07) is 11.3. The molecule has 1 aliphatic heterocycles. The van der Waals surface area contributed by atoms with Gasteiger partial charge in [-0.15, -0.1) is 0 Å². The normalized spacial score (nSPS) is 16.2. The molecule has 0 aliphatic carbocycles. The summed E-state index contributed by atoms with van der Waals surface area (Å²) in [5.41, 5.74) is 0.404. The van der Waals surface area contributed by atoms with E-state index in [1.807, 2.05) is 29.2 Å². The molecular formula is C19H24N2O2. The molecule has 0 aromatic heterocycles. The second-order valence-electron chi connectivity index (χ2n) is 6.70. The van der Waals surface area contributed by atoms with Gasteiger partial charge in [0.1, 0.15) is 5.75 Å². The minimum absolute atomic E-state index is 0.0679. The average Bonchev–Trinajstić information content (AvgIpc) is 2.54. The summed E-state index contributed by atoms with van der Waals surface area (Å²) >= 11 is 0. The summed E-state index contributed by atoms with van der Waals surface area (Å²) in [7, 11) is 0. The smallest absolute Gasteiger partial charge is 0.257 e. The first-order chi connectivity index (χ1) is 11.0. The molecule has 1 heterocycles. The summed E-state index contributed by atoms with van der Waals surface area (Å²) in [6.07, 6.45) is 0. The lowest BCUT2D eigenvalue weighted by atomic mass is 10.0. The maximum atomic E-state index is 12.7. The predicted molar refractivity (Wildman–Crippen MR) is 92.8 cm³/mol. The number of hydrogen-bond donors (Lipinski definition) is 1. The summed E-state index contributed by atoms with van der Waals surface area (Å²) in [5.74, 6) is 0.637. The SMILES string of the molecule is CC(C)CN1CCN(C(=O)c2cc3ccccc3cc2O)CC1. The van der Waals surface area contributed by atoms with E-state index in [4.69, 9.17) is 0 Å². The molecule has 0 spiro atoms. The molecule has 0 saturated carbocycles. The molecule has 2 aromatic rings. The van der Waals surface area contributed by atoms with Crippen LogP contribution in [0.4, 0.5) is 0 Å². The van der Waals surface area contributed by atoms with Gasteiger partial charge >= 0.3 is 0 Å². The first-order valence-electron chi connectivity index (χ1n) is 8.28. The van der Waals surface area contributed by atoms with Crippen LogP contribution in [0.1, 0.15) is 24.2 Å². The molecular weight excluding hydrogens is 288 g/mol. The van der Waals surface area contributed by atoms with Crippen molar-refractivity contribution in [2.24, 2.45) is 5.92 Å². The van der Waals surface area contributed by atoms with Crippen LogP contribution in [-0.4, -0.2) is 53.5 Å². The molecule has 1 N–H and O–H groups in total. The summed E-state index contributed by atoms with van der Waals surface area (Å²) < 4.78 is 0. The van der Waals surface area contributed by atoms with Crippen LogP contribution in [0.15, 0.2) is 36.4 Å². The Kier molecular flexibility index (Phi) is 4.53. The van der Waals surface area contributed by atoms with Crippen molar-refractivity contribution in [1.82, 2.24) is 9.80 Å². The van der Waals surface area contributed by atoms with E-state index in [0.29, 0.717) is 11.5 Å². The van der Waals surface area contributed by atoms with E-state index >= 15 is 0 Å². The maximum Gasteiger partial charge on any atom is 0.257 e. The van der Waals surface area contributed by atoms with Gasteiger partial charge in [0, 0.05) is 32.7 Å². The van der Waals surface area contributed by atoms with Crippen molar-refractivity contribution in [2.75, 3.05) is 32.7 Å². The van der Waals surface area contributed by atoms with E-state index in [2.05, 4.69) is 18.7 Å². The minimum atomic E-state index is -0.0718. The quantitative estimate of drug-likeness (QED) is 0.947. The van der Waals surface area contributed by atoms with Crippen LogP contribution in [-0.2, 0) is 0 Å². The second-order valence-corrected chi connectivity index (χ2v) is 6.70. The number of nitrogens with zero attached hydrogens (tertiary/aromatic N) is 2. The van der Waals surface area contributed by atoms with Gasteiger partial charge < -0.3 is 10.0 Å². The molecule has 0 atom stereocenters. The highest BCUT2D eigenvalue weighted by Gasteiger charge is 2.24. The lowest BCUT2D eigenvalue weighted by Crippen LogP contribution is -2.49.